The van der Waals surface area contributed by atoms with Crippen molar-refractivity contribution in [3.63, 3.8) is 0 Å². The minimum atomic E-state index is -3.87. The summed E-state index contributed by atoms with van der Waals surface area (Å²) in [6.45, 7) is -0.335. The van der Waals surface area contributed by atoms with Gasteiger partial charge in [0, 0.05) is 17.6 Å². The van der Waals surface area contributed by atoms with Gasteiger partial charge in [-0.15, -0.1) is 0 Å². The molecule has 0 radical (unpaired) electrons. The van der Waals surface area contributed by atoms with Crippen molar-refractivity contribution >= 4 is 37.5 Å². The van der Waals surface area contributed by atoms with Gasteiger partial charge in [0.25, 0.3) is 0 Å². The van der Waals surface area contributed by atoms with Crippen LogP contribution in [0.5, 0.6) is 11.5 Å². The van der Waals surface area contributed by atoms with Crippen LogP contribution >= 0.6 is 15.9 Å². The molecule has 0 fully saturated rings. The first-order valence-electron chi connectivity index (χ1n) is 7.52. The maximum atomic E-state index is 12.7. The first-order chi connectivity index (χ1) is 12.3. The number of amides is 1. The third-order valence-corrected chi connectivity index (χ3v) is 6.07. The van der Waals surface area contributed by atoms with E-state index in [0.717, 1.165) is 4.31 Å². The quantitative estimate of drug-likeness (QED) is 0.712. The molecule has 9 heteroatoms. The Bertz CT molecular complexity index is 902. The lowest BCUT2D eigenvalue weighted by Crippen LogP contribution is -2.35. The van der Waals surface area contributed by atoms with E-state index in [1.807, 2.05) is 6.07 Å². The van der Waals surface area contributed by atoms with Crippen molar-refractivity contribution in [2.75, 3.05) is 33.1 Å². The Labute approximate surface area is 161 Å². The van der Waals surface area contributed by atoms with Crippen molar-refractivity contribution in [2.45, 2.75) is 4.90 Å². The third kappa shape index (κ3) is 4.54. The van der Waals surface area contributed by atoms with Crippen LogP contribution in [0.1, 0.15) is 0 Å². The molecule has 1 amide bonds. The molecule has 0 saturated carbocycles. The number of hydrogen-bond acceptors (Lipinski definition) is 5. The zero-order valence-corrected chi connectivity index (χ0v) is 16.9. The fourth-order valence-electron chi connectivity index (χ4n) is 2.20. The molecule has 0 aliphatic rings. The second kappa shape index (κ2) is 8.52. The summed E-state index contributed by atoms with van der Waals surface area (Å²) in [7, 11) is 0.352. The molecule has 1 N–H and O–H groups in total. The number of likely N-dealkylation sites (N-methyl/N-ethyl adjacent to an activating group) is 1. The summed E-state index contributed by atoms with van der Waals surface area (Å²) >= 11 is 3.32. The topological polar surface area (TPSA) is 84.9 Å². The number of anilines is 1. The molecule has 0 bridgehead atoms. The average molecular weight is 443 g/mol. The predicted molar refractivity (Wildman–Crippen MR) is 102 cm³/mol. The predicted octanol–water partition coefficient (Wildman–Crippen LogP) is 2.73. The van der Waals surface area contributed by atoms with E-state index in [1.54, 1.807) is 18.2 Å². The van der Waals surface area contributed by atoms with E-state index in [2.05, 4.69) is 21.2 Å². The average Bonchev–Trinajstić information content (AvgIpc) is 2.62. The van der Waals surface area contributed by atoms with E-state index >= 15 is 0 Å². The van der Waals surface area contributed by atoms with Gasteiger partial charge in [0.2, 0.25) is 15.9 Å². The number of ether oxygens (including phenoxy) is 2. The Morgan fingerprint density at radius 1 is 1.12 bits per heavy atom. The van der Waals surface area contributed by atoms with E-state index in [4.69, 9.17) is 9.47 Å². The van der Waals surface area contributed by atoms with E-state index in [1.165, 1.54) is 39.5 Å². The van der Waals surface area contributed by atoms with Gasteiger partial charge >= 0.3 is 0 Å². The fraction of sp³-hybridized carbons (Fsp3) is 0.235. The van der Waals surface area contributed by atoms with Gasteiger partial charge < -0.3 is 14.8 Å². The molecule has 2 rings (SSSR count). The van der Waals surface area contributed by atoms with Crippen LogP contribution < -0.4 is 14.8 Å². The lowest BCUT2D eigenvalue weighted by molar-refractivity contribution is -0.116. The van der Waals surface area contributed by atoms with Crippen LogP contribution in [0.15, 0.2) is 51.8 Å². The number of nitrogens with zero attached hydrogens (tertiary/aromatic N) is 1. The molecule has 0 aromatic heterocycles. The highest BCUT2D eigenvalue weighted by atomic mass is 79.9. The Hall–Kier alpha value is -2.10. The first kappa shape index (κ1) is 20.2. The molecule has 0 heterocycles. The minimum Gasteiger partial charge on any atom is -0.493 e. The molecular formula is C17H19BrN2O5S. The lowest BCUT2D eigenvalue weighted by Gasteiger charge is -2.18. The van der Waals surface area contributed by atoms with Crippen LogP contribution in [0.25, 0.3) is 0 Å². The van der Waals surface area contributed by atoms with Gasteiger partial charge in [-0.3, -0.25) is 4.79 Å². The molecule has 0 spiro atoms. The molecule has 0 aliphatic carbocycles. The lowest BCUT2D eigenvalue weighted by atomic mass is 10.3. The van der Waals surface area contributed by atoms with Crippen molar-refractivity contribution in [3.05, 3.63) is 46.9 Å². The van der Waals surface area contributed by atoms with Crippen LogP contribution in [0.4, 0.5) is 5.69 Å². The Kier molecular flexibility index (Phi) is 6.63. The maximum absolute atomic E-state index is 12.7. The van der Waals surface area contributed by atoms with Crippen LogP contribution in [0.3, 0.4) is 0 Å². The van der Waals surface area contributed by atoms with Crippen molar-refractivity contribution in [1.29, 1.82) is 0 Å². The molecule has 0 atom stereocenters. The fourth-order valence-corrected chi connectivity index (χ4v) is 3.72. The summed E-state index contributed by atoms with van der Waals surface area (Å²) in [4.78, 5) is 12.2. The summed E-state index contributed by atoms with van der Waals surface area (Å²) in [5.74, 6) is 0.254. The van der Waals surface area contributed by atoms with Crippen molar-refractivity contribution in [3.8, 4) is 11.5 Å². The summed E-state index contributed by atoms with van der Waals surface area (Å²) in [6.07, 6.45) is 0. The molecular weight excluding hydrogens is 424 g/mol. The number of halogens is 1. The number of methoxy groups -OCH3 is 2. The van der Waals surface area contributed by atoms with Crippen LogP contribution in [0.2, 0.25) is 0 Å². The molecule has 140 valence electrons. The van der Waals surface area contributed by atoms with Gasteiger partial charge in [0.05, 0.1) is 31.3 Å². The molecule has 7 nitrogen and oxygen atoms in total. The van der Waals surface area contributed by atoms with Gasteiger partial charge in [-0.05, 0) is 40.2 Å². The third-order valence-electron chi connectivity index (χ3n) is 3.58. The van der Waals surface area contributed by atoms with Gasteiger partial charge in [-0.2, -0.15) is 4.31 Å². The largest absolute Gasteiger partial charge is 0.493 e. The smallest absolute Gasteiger partial charge is 0.243 e. The van der Waals surface area contributed by atoms with Crippen molar-refractivity contribution in [2.24, 2.45) is 0 Å². The highest BCUT2D eigenvalue weighted by Crippen LogP contribution is 2.30. The van der Waals surface area contributed by atoms with Crippen LogP contribution in [-0.4, -0.2) is 46.4 Å². The van der Waals surface area contributed by atoms with E-state index in [0.29, 0.717) is 21.7 Å². The second-order valence-electron chi connectivity index (χ2n) is 5.31. The van der Waals surface area contributed by atoms with Gasteiger partial charge in [-0.25, -0.2) is 8.42 Å². The number of para-hydroxylation sites is 1. The SMILES string of the molecule is COc1ccc(S(=O)(=O)N(C)CC(=O)Nc2ccccc2Br)cc1OC. The minimum absolute atomic E-state index is 0.00587. The molecule has 0 unspecified atom stereocenters. The molecule has 26 heavy (non-hydrogen) atoms. The zero-order valence-electron chi connectivity index (χ0n) is 14.5. The normalized spacial score (nSPS) is 11.3. The highest BCUT2D eigenvalue weighted by Gasteiger charge is 2.24. The van der Waals surface area contributed by atoms with Crippen LogP contribution in [0, 0.1) is 0 Å². The summed E-state index contributed by atoms with van der Waals surface area (Å²) in [5.41, 5.74) is 0.564. The number of carbonyl (C=O) groups excluding carboxylic acids is 1. The summed E-state index contributed by atoms with van der Waals surface area (Å²) in [5, 5.41) is 2.67. The summed E-state index contributed by atoms with van der Waals surface area (Å²) in [6, 6.07) is 11.3. The van der Waals surface area contributed by atoms with Gasteiger partial charge in [0.15, 0.2) is 11.5 Å². The van der Waals surface area contributed by atoms with E-state index in [9.17, 15) is 13.2 Å². The first-order valence-corrected chi connectivity index (χ1v) is 9.75. The Morgan fingerprint density at radius 3 is 2.38 bits per heavy atom. The van der Waals surface area contributed by atoms with Gasteiger partial charge in [0.1, 0.15) is 0 Å². The number of hydrogen-bond donors (Lipinski definition) is 1. The zero-order chi connectivity index (χ0) is 19.3. The highest BCUT2D eigenvalue weighted by molar-refractivity contribution is 9.10. The van der Waals surface area contributed by atoms with Gasteiger partial charge in [-0.1, -0.05) is 12.1 Å². The number of carbonyl (C=O) groups is 1. The number of rotatable bonds is 7. The van der Waals surface area contributed by atoms with E-state index < -0.39 is 15.9 Å². The molecule has 2 aromatic rings. The molecule has 0 aliphatic heterocycles. The Morgan fingerprint density at radius 2 is 1.77 bits per heavy atom. The number of benzene rings is 2. The van der Waals surface area contributed by atoms with Crippen molar-refractivity contribution in [1.82, 2.24) is 4.31 Å². The summed E-state index contributed by atoms with van der Waals surface area (Å²) < 4.78 is 37.3. The standard InChI is InChI=1S/C17H19BrN2O5S/c1-20(11-17(21)19-14-7-5-4-6-13(14)18)26(22,23)12-8-9-15(24-2)16(10-12)25-3/h4-10H,11H2,1-3H3,(H,19,21). The number of nitrogens with one attached hydrogen (secondary N) is 1. The monoisotopic (exact) mass is 442 g/mol. The molecule has 2 aromatic carbocycles. The Balaban J connectivity index is 2.16. The number of sulfonamides is 1. The van der Waals surface area contributed by atoms with Crippen LogP contribution in [-0.2, 0) is 14.8 Å². The second-order valence-corrected chi connectivity index (χ2v) is 8.21. The molecule has 0 saturated heterocycles. The maximum Gasteiger partial charge on any atom is 0.243 e. The van der Waals surface area contributed by atoms with E-state index in [-0.39, 0.29) is 11.4 Å². The van der Waals surface area contributed by atoms with Crippen molar-refractivity contribution < 1.29 is 22.7 Å².